The van der Waals surface area contributed by atoms with Crippen LogP contribution < -0.4 is 0 Å². The second-order valence-corrected chi connectivity index (χ2v) is 18.4. The summed E-state index contributed by atoms with van der Waals surface area (Å²) >= 11 is 0. The molecule has 7 fully saturated rings. The Labute approximate surface area is 349 Å². The van der Waals surface area contributed by atoms with Gasteiger partial charge in [-0.2, -0.15) is 0 Å². The molecule has 1 N–H and O–H groups in total. The van der Waals surface area contributed by atoms with Gasteiger partial charge in [-0.1, -0.05) is 27.7 Å². The van der Waals surface area contributed by atoms with Crippen LogP contribution in [0.2, 0.25) is 0 Å². The zero-order chi connectivity index (χ0) is 42.1. The van der Waals surface area contributed by atoms with Crippen molar-refractivity contribution in [3.8, 4) is 0 Å². The van der Waals surface area contributed by atoms with Gasteiger partial charge in [0.1, 0.15) is 48.8 Å². The van der Waals surface area contributed by atoms with Crippen LogP contribution in [0, 0.1) is 35.5 Å². The Hall–Kier alpha value is -1.54. The number of ether oxygens (including phenoxy) is 13. The standard InChI is InChI=1S/C43H70O16/c1-20-10-26(20)33-14-24-12-29(58-42-40(50-8)38(48-6)28(44)18-52-42)22(3)31(54-24)16-36(45)57-34(27-11-21(27)2)15-25-13-30(23(4)32(55-25)17-37(46)56-33)59-43-41(51-9)39(49-7)35(47-5)19-53-43/h20-35,38-44H,10-19H2,1-9H3/t20-,21-,22+,23+,24-,25-,26-,27-,28+,29-,30-,31-,32-,33-,34-,35-,38+,39-,40+,41+,42-,43+/m0/s1. The lowest BCUT2D eigenvalue weighted by molar-refractivity contribution is -0.309. The number of cyclic esters (lactones) is 2. The first-order chi connectivity index (χ1) is 28.3. The number of hydrogen-bond acceptors (Lipinski definition) is 16. The van der Waals surface area contributed by atoms with Crippen LogP contribution in [0.5, 0.6) is 0 Å². The van der Waals surface area contributed by atoms with Crippen LogP contribution in [-0.4, -0.2) is 164 Å². The average Bonchev–Trinajstić information content (AvgIpc) is 4.14. The van der Waals surface area contributed by atoms with Crippen LogP contribution in [0.15, 0.2) is 0 Å². The molecule has 0 aromatic carbocycles. The molecule has 16 nitrogen and oxygen atoms in total. The van der Waals surface area contributed by atoms with Gasteiger partial charge in [0, 0.05) is 73.1 Å². The highest BCUT2D eigenvalue weighted by Gasteiger charge is 2.51. The van der Waals surface area contributed by atoms with E-state index < -0.39 is 73.6 Å². The van der Waals surface area contributed by atoms with E-state index in [2.05, 4.69) is 13.8 Å². The highest BCUT2D eigenvalue weighted by molar-refractivity contribution is 5.71. The van der Waals surface area contributed by atoms with E-state index >= 15 is 0 Å². The van der Waals surface area contributed by atoms with Gasteiger partial charge in [-0.15, -0.1) is 0 Å². The SMILES string of the molecule is CO[C@@H]1[C@@H](OC)[C@@H](O[C@H]2C[C@H]3C[C@@H]([C@H]4C[C@@H]4C)OC(=O)C[C@@H]4O[C@@H](C[C@H](O[C@@H]5OC[C@@H](O)[C@@H](OC)[C@H]5OC)[C@H]4C)C[C@@H]([C@H]4C[C@@H]4C)OC(=O)C[C@H](O3)[C@@H]2C)OC[C@@H]1OC. The normalized spacial score (nSPS) is 49.7. The largest absolute Gasteiger partial charge is 0.462 e. The summed E-state index contributed by atoms with van der Waals surface area (Å²) in [4.78, 5) is 28.1. The molecule has 2 saturated carbocycles. The number of methoxy groups -OCH3 is 5. The zero-order valence-corrected chi connectivity index (χ0v) is 36.3. The van der Waals surface area contributed by atoms with Crippen LogP contribution in [0.25, 0.3) is 0 Å². The number of carbonyl (C=O) groups excluding carboxylic acids is 2. The number of fused-ring (bicyclic) bond motifs is 4. The minimum atomic E-state index is -0.870. The fourth-order valence-electron chi connectivity index (χ4n) is 10.4. The first kappa shape index (κ1) is 45.5. The summed E-state index contributed by atoms with van der Waals surface area (Å²) < 4.78 is 80.5. The Kier molecular flexibility index (Phi) is 15.3. The van der Waals surface area contributed by atoms with Crippen LogP contribution in [0.1, 0.15) is 79.1 Å². The highest BCUT2D eigenvalue weighted by Crippen LogP contribution is 2.47. The fourth-order valence-corrected chi connectivity index (χ4v) is 10.4. The molecule has 0 unspecified atom stereocenters. The van der Waals surface area contributed by atoms with Gasteiger partial charge in [0.15, 0.2) is 12.6 Å². The molecule has 22 atom stereocenters. The minimum Gasteiger partial charge on any atom is -0.462 e. The van der Waals surface area contributed by atoms with Crippen molar-refractivity contribution >= 4 is 11.9 Å². The Morgan fingerprint density at radius 3 is 1.34 bits per heavy atom. The molecule has 0 spiro atoms. The van der Waals surface area contributed by atoms with Gasteiger partial charge in [-0.05, 0) is 36.5 Å². The van der Waals surface area contributed by atoms with Crippen molar-refractivity contribution in [3.63, 3.8) is 0 Å². The van der Waals surface area contributed by atoms with Crippen molar-refractivity contribution in [2.45, 2.75) is 177 Å². The molecular formula is C43H70O16. The van der Waals surface area contributed by atoms with E-state index in [1.807, 2.05) is 13.8 Å². The molecule has 59 heavy (non-hydrogen) atoms. The third-order valence-electron chi connectivity index (χ3n) is 14.5. The molecule has 0 aromatic rings. The number of esters is 2. The first-order valence-corrected chi connectivity index (χ1v) is 21.9. The van der Waals surface area contributed by atoms with Crippen molar-refractivity contribution in [1.82, 2.24) is 0 Å². The van der Waals surface area contributed by atoms with Gasteiger partial charge in [-0.25, -0.2) is 0 Å². The smallest absolute Gasteiger partial charge is 0.308 e. The molecule has 0 amide bonds. The second kappa shape index (κ2) is 19.9. The van der Waals surface area contributed by atoms with Crippen molar-refractivity contribution in [1.29, 1.82) is 0 Å². The van der Waals surface area contributed by atoms with Crippen molar-refractivity contribution in [2.24, 2.45) is 35.5 Å². The lowest BCUT2D eigenvalue weighted by atomic mass is 9.85. The summed E-state index contributed by atoms with van der Waals surface area (Å²) in [5.74, 6) is 0.0298. The van der Waals surface area contributed by atoms with Gasteiger partial charge in [0.05, 0.1) is 62.7 Å². The molecule has 0 radical (unpaired) electrons. The molecule has 2 aliphatic carbocycles. The fraction of sp³-hybridized carbons (Fsp3) is 0.953. The molecule has 5 aliphatic heterocycles. The van der Waals surface area contributed by atoms with Crippen LogP contribution >= 0.6 is 0 Å². The maximum atomic E-state index is 14.1. The lowest BCUT2D eigenvalue weighted by Crippen LogP contribution is -2.58. The van der Waals surface area contributed by atoms with Crippen molar-refractivity contribution in [2.75, 3.05) is 48.8 Å². The number of rotatable bonds is 11. The molecule has 7 aliphatic rings. The summed E-state index contributed by atoms with van der Waals surface area (Å²) in [5.41, 5.74) is 0. The molecule has 338 valence electrons. The average molecular weight is 843 g/mol. The van der Waals surface area contributed by atoms with Gasteiger partial charge >= 0.3 is 11.9 Å². The first-order valence-electron chi connectivity index (χ1n) is 21.9. The third-order valence-corrected chi connectivity index (χ3v) is 14.5. The lowest BCUT2D eigenvalue weighted by Gasteiger charge is -2.46. The summed E-state index contributed by atoms with van der Waals surface area (Å²) in [6, 6.07) is 0. The Balaban J connectivity index is 1.13. The molecule has 7 rings (SSSR count). The van der Waals surface area contributed by atoms with E-state index in [4.69, 9.17) is 61.6 Å². The summed E-state index contributed by atoms with van der Waals surface area (Å²) in [6.45, 7) is 8.67. The third kappa shape index (κ3) is 10.5. The zero-order valence-electron chi connectivity index (χ0n) is 36.3. The monoisotopic (exact) mass is 842 g/mol. The van der Waals surface area contributed by atoms with Crippen LogP contribution in [0.3, 0.4) is 0 Å². The number of aliphatic hydroxyl groups excluding tert-OH is 1. The van der Waals surface area contributed by atoms with Gasteiger partial charge in [0.25, 0.3) is 0 Å². The molecule has 16 heteroatoms. The molecule has 4 bridgehead atoms. The van der Waals surface area contributed by atoms with E-state index in [1.54, 1.807) is 21.3 Å². The molecule has 5 heterocycles. The Morgan fingerprint density at radius 2 is 0.932 bits per heavy atom. The second-order valence-electron chi connectivity index (χ2n) is 18.4. The van der Waals surface area contributed by atoms with E-state index in [1.165, 1.54) is 14.2 Å². The van der Waals surface area contributed by atoms with E-state index in [0.29, 0.717) is 37.5 Å². The van der Waals surface area contributed by atoms with E-state index in [9.17, 15) is 14.7 Å². The summed E-state index contributed by atoms with van der Waals surface area (Å²) in [6.07, 6.45) is -4.59. The number of aliphatic hydroxyl groups is 1. The highest BCUT2D eigenvalue weighted by atomic mass is 16.7. The quantitative estimate of drug-likeness (QED) is 0.300. The van der Waals surface area contributed by atoms with E-state index in [-0.39, 0.29) is 86.1 Å². The van der Waals surface area contributed by atoms with Crippen LogP contribution in [0.4, 0.5) is 0 Å². The minimum absolute atomic E-state index is 0.0233. The Bertz CT molecular complexity index is 1390. The van der Waals surface area contributed by atoms with Gasteiger partial charge in [-0.3, -0.25) is 9.59 Å². The van der Waals surface area contributed by atoms with Gasteiger partial charge in [0.2, 0.25) is 0 Å². The predicted octanol–water partition coefficient (Wildman–Crippen LogP) is 3.20. The maximum absolute atomic E-state index is 14.1. The summed E-state index contributed by atoms with van der Waals surface area (Å²) in [7, 11) is 7.90. The number of hydrogen-bond donors (Lipinski definition) is 1. The molecule has 5 saturated heterocycles. The number of carbonyl (C=O) groups is 2. The summed E-state index contributed by atoms with van der Waals surface area (Å²) in [5, 5.41) is 10.5. The van der Waals surface area contributed by atoms with Gasteiger partial charge < -0.3 is 66.7 Å². The maximum Gasteiger partial charge on any atom is 0.308 e. The van der Waals surface area contributed by atoms with E-state index in [0.717, 1.165) is 12.8 Å². The predicted molar refractivity (Wildman–Crippen MR) is 207 cm³/mol. The Morgan fingerprint density at radius 1 is 0.508 bits per heavy atom. The van der Waals surface area contributed by atoms with Crippen LogP contribution in [-0.2, 0) is 71.2 Å². The topological polar surface area (TPSA) is 174 Å². The van der Waals surface area contributed by atoms with Crippen molar-refractivity contribution < 1.29 is 76.3 Å². The molecule has 0 aromatic heterocycles. The van der Waals surface area contributed by atoms with Crippen molar-refractivity contribution in [3.05, 3.63) is 0 Å². The molecular weight excluding hydrogens is 772 g/mol.